The third-order valence-corrected chi connectivity index (χ3v) is 5.11. The molecule has 2 rings (SSSR count). The smallest absolute Gasteiger partial charge is 0.0494 e. The molecule has 0 amide bonds. The van der Waals surface area contributed by atoms with Crippen molar-refractivity contribution in [2.45, 2.75) is 77.6 Å². The molecule has 18 heavy (non-hydrogen) atoms. The second kappa shape index (κ2) is 8.19. The van der Waals surface area contributed by atoms with Crippen molar-refractivity contribution in [1.29, 1.82) is 0 Å². The lowest BCUT2D eigenvalue weighted by atomic mass is 9.81. The summed E-state index contributed by atoms with van der Waals surface area (Å²) in [6.07, 6.45) is 15.8. The molecule has 0 aliphatic heterocycles. The Hall–Kier alpha value is -0.0400. The zero-order valence-electron chi connectivity index (χ0n) is 12.3. The Morgan fingerprint density at radius 2 is 1.56 bits per heavy atom. The van der Waals surface area contributed by atoms with Crippen molar-refractivity contribution in [3.8, 4) is 0 Å². The standard InChI is InChI=1S/C17H32O/c1-15-9-11-16(12-10-15)8-5-13-18-14-17-6-3-2-4-7-17/h15-17H,2-14H2,1H3. The van der Waals surface area contributed by atoms with Gasteiger partial charge in [0.05, 0.1) is 0 Å². The number of hydrogen-bond acceptors (Lipinski definition) is 1. The average molecular weight is 252 g/mol. The van der Waals surface area contributed by atoms with E-state index in [2.05, 4.69) is 6.92 Å². The van der Waals surface area contributed by atoms with Gasteiger partial charge in [-0.25, -0.2) is 0 Å². The Bertz CT molecular complexity index is 200. The van der Waals surface area contributed by atoms with Crippen LogP contribution in [0.2, 0.25) is 0 Å². The highest BCUT2D eigenvalue weighted by molar-refractivity contribution is 4.70. The maximum atomic E-state index is 5.89. The highest BCUT2D eigenvalue weighted by Crippen LogP contribution is 2.31. The van der Waals surface area contributed by atoms with Crippen LogP contribution in [-0.4, -0.2) is 13.2 Å². The molecule has 0 unspecified atom stereocenters. The van der Waals surface area contributed by atoms with E-state index in [-0.39, 0.29) is 0 Å². The van der Waals surface area contributed by atoms with Crippen LogP contribution in [0.15, 0.2) is 0 Å². The van der Waals surface area contributed by atoms with Gasteiger partial charge in [0.25, 0.3) is 0 Å². The van der Waals surface area contributed by atoms with Gasteiger partial charge < -0.3 is 4.74 Å². The zero-order chi connectivity index (χ0) is 12.6. The van der Waals surface area contributed by atoms with Crippen molar-refractivity contribution >= 4 is 0 Å². The van der Waals surface area contributed by atoms with Crippen molar-refractivity contribution in [2.24, 2.45) is 17.8 Å². The molecule has 1 heteroatoms. The number of ether oxygens (including phenoxy) is 1. The van der Waals surface area contributed by atoms with Crippen LogP contribution < -0.4 is 0 Å². The predicted molar refractivity (Wildman–Crippen MR) is 77.8 cm³/mol. The SMILES string of the molecule is CC1CCC(CCCOCC2CCCCC2)CC1. The molecule has 1 nitrogen and oxygen atoms in total. The lowest BCUT2D eigenvalue weighted by Gasteiger charge is -2.26. The van der Waals surface area contributed by atoms with Crippen LogP contribution in [0.4, 0.5) is 0 Å². The predicted octanol–water partition coefficient (Wildman–Crippen LogP) is 5.19. The first-order valence-corrected chi connectivity index (χ1v) is 8.42. The first-order valence-electron chi connectivity index (χ1n) is 8.42. The van der Waals surface area contributed by atoms with Gasteiger partial charge in [-0.1, -0.05) is 51.9 Å². The summed E-state index contributed by atoms with van der Waals surface area (Å²) >= 11 is 0. The van der Waals surface area contributed by atoms with E-state index in [0.29, 0.717) is 0 Å². The van der Waals surface area contributed by atoms with Gasteiger partial charge in [0.2, 0.25) is 0 Å². The Balaban J connectivity index is 1.43. The molecule has 2 aliphatic rings. The summed E-state index contributed by atoms with van der Waals surface area (Å²) in [5.74, 6) is 2.89. The van der Waals surface area contributed by atoms with Crippen LogP contribution in [0.25, 0.3) is 0 Å². The Morgan fingerprint density at radius 3 is 2.28 bits per heavy atom. The fourth-order valence-electron chi connectivity index (χ4n) is 3.70. The molecule has 0 saturated heterocycles. The minimum absolute atomic E-state index is 0.884. The fraction of sp³-hybridized carbons (Fsp3) is 1.00. The first kappa shape index (κ1) is 14.4. The van der Waals surface area contributed by atoms with Gasteiger partial charge in [0.15, 0.2) is 0 Å². The second-order valence-electron chi connectivity index (χ2n) is 6.85. The van der Waals surface area contributed by atoms with E-state index in [1.165, 1.54) is 70.6 Å². The van der Waals surface area contributed by atoms with Crippen LogP contribution in [0.3, 0.4) is 0 Å². The third kappa shape index (κ3) is 5.30. The molecule has 0 aromatic heterocycles. The Kier molecular flexibility index (Phi) is 6.54. The van der Waals surface area contributed by atoms with Crippen molar-refractivity contribution < 1.29 is 4.74 Å². The van der Waals surface area contributed by atoms with Crippen molar-refractivity contribution in [3.05, 3.63) is 0 Å². The molecule has 2 fully saturated rings. The molecule has 0 aromatic rings. The largest absolute Gasteiger partial charge is 0.381 e. The average Bonchev–Trinajstić information content (AvgIpc) is 2.42. The van der Waals surface area contributed by atoms with Crippen LogP contribution in [0.5, 0.6) is 0 Å². The zero-order valence-corrected chi connectivity index (χ0v) is 12.3. The summed E-state index contributed by atoms with van der Waals surface area (Å²) in [6.45, 7) is 4.47. The monoisotopic (exact) mass is 252 g/mol. The maximum absolute atomic E-state index is 5.89. The van der Waals surface area contributed by atoms with Gasteiger partial charge in [-0.2, -0.15) is 0 Å². The van der Waals surface area contributed by atoms with Gasteiger partial charge in [-0.05, 0) is 43.4 Å². The quantitative estimate of drug-likeness (QED) is 0.591. The Morgan fingerprint density at radius 1 is 0.833 bits per heavy atom. The molecule has 0 bridgehead atoms. The van der Waals surface area contributed by atoms with Gasteiger partial charge in [-0.15, -0.1) is 0 Å². The molecule has 0 atom stereocenters. The lowest BCUT2D eigenvalue weighted by Crippen LogP contribution is -2.15. The van der Waals surface area contributed by atoms with E-state index < -0.39 is 0 Å². The summed E-state index contributed by atoms with van der Waals surface area (Å²) in [5, 5.41) is 0. The van der Waals surface area contributed by atoms with Crippen molar-refractivity contribution in [1.82, 2.24) is 0 Å². The molecule has 0 heterocycles. The fourth-order valence-corrected chi connectivity index (χ4v) is 3.70. The minimum Gasteiger partial charge on any atom is -0.381 e. The Labute approximate surface area is 114 Å². The van der Waals surface area contributed by atoms with Gasteiger partial charge >= 0.3 is 0 Å². The second-order valence-corrected chi connectivity index (χ2v) is 6.85. The van der Waals surface area contributed by atoms with Crippen LogP contribution in [0.1, 0.15) is 77.6 Å². The first-order chi connectivity index (χ1) is 8.84. The minimum atomic E-state index is 0.884. The molecule has 2 saturated carbocycles. The summed E-state index contributed by atoms with van der Waals surface area (Å²) in [4.78, 5) is 0. The number of hydrogen-bond donors (Lipinski definition) is 0. The molecule has 0 N–H and O–H groups in total. The molecule has 0 radical (unpaired) electrons. The maximum Gasteiger partial charge on any atom is 0.0494 e. The molecular formula is C17H32O. The summed E-state index contributed by atoms with van der Waals surface area (Å²) in [6, 6.07) is 0. The van der Waals surface area contributed by atoms with E-state index in [1.54, 1.807) is 0 Å². The molecule has 0 spiro atoms. The van der Waals surface area contributed by atoms with Gasteiger partial charge in [-0.3, -0.25) is 0 Å². The summed E-state index contributed by atoms with van der Waals surface area (Å²) in [7, 11) is 0. The van der Waals surface area contributed by atoms with Crippen LogP contribution in [0, 0.1) is 17.8 Å². The van der Waals surface area contributed by atoms with Crippen LogP contribution >= 0.6 is 0 Å². The molecule has 106 valence electrons. The third-order valence-electron chi connectivity index (χ3n) is 5.11. The van der Waals surface area contributed by atoms with Crippen molar-refractivity contribution in [3.63, 3.8) is 0 Å². The van der Waals surface area contributed by atoms with E-state index in [9.17, 15) is 0 Å². The topological polar surface area (TPSA) is 9.23 Å². The van der Waals surface area contributed by atoms with Gasteiger partial charge in [0.1, 0.15) is 0 Å². The summed E-state index contributed by atoms with van der Waals surface area (Å²) in [5.41, 5.74) is 0. The lowest BCUT2D eigenvalue weighted by molar-refractivity contribution is 0.0789. The van der Waals surface area contributed by atoms with Crippen molar-refractivity contribution in [2.75, 3.05) is 13.2 Å². The summed E-state index contributed by atoms with van der Waals surface area (Å²) < 4.78 is 5.89. The van der Waals surface area contributed by atoms with E-state index in [0.717, 1.165) is 31.0 Å². The highest BCUT2D eigenvalue weighted by Gasteiger charge is 2.18. The van der Waals surface area contributed by atoms with E-state index in [4.69, 9.17) is 4.74 Å². The van der Waals surface area contributed by atoms with Gasteiger partial charge in [0, 0.05) is 13.2 Å². The van der Waals surface area contributed by atoms with Crippen LogP contribution in [-0.2, 0) is 4.74 Å². The molecular weight excluding hydrogens is 220 g/mol. The highest BCUT2D eigenvalue weighted by atomic mass is 16.5. The van der Waals surface area contributed by atoms with E-state index >= 15 is 0 Å². The van der Waals surface area contributed by atoms with E-state index in [1.807, 2.05) is 0 Å². The molecule has 0 aromatic carbocycles. The number of rotatable bonds is 6. The molecule has 2 aliphatic carbocycles. The normalized spacial score (nSPS) is 30.5.